The molecule has 2 heterocycles. The number of nitrogens with zero attached hydrogens (tertiary/aromatic N) is 1. The molecule has 0 saturated carbocycles. The van der Waals surface area contributed by atoms with Gasteiger partial charge >= 0.3 is 0 Å². The van der Waals surface area contributed by atoms with E-state index in [1.54, 1.807) is 11.3 Å². The summed E-state index contributed by atoms with van der Waals surface area (Å²) in [6, 6.07) is 8.24. The van der Waals surface area contributed by atoms with Gasteiger partial charge in [0.15, 0.2) is 0 Å². The molecule has 21 heavy (non-hydrogen) atoms. The number of amides is 1. The Morgan fingerprint density at radius 1 is 1.38 bits per heavy atom. The van der Waals surface area contributed by atoms with Crippen molar-refractivity contribution in [2.45, 2.75) is 26.3 Å². The Labute approximate surface area is 129 Å². The monoisotopic (exact) mass is 300 g/mol. The van der Waals surface area contributed by atoms with Crippen LogP contribution in [0.25, 0.3) is 0 Å². The molecule has 1 aromatic carbocycles. The molecule has 3 nitrogen and oxygen atoms in total. The summed E-state index contributed by atoms with van der Waals surface area (Å²) < 4.78 is 0. The van der Waals surface area contributed by atoms with Gasteiger partial charge in [-0.3, -0.25) is 4.79 Å². The van der Waals surface area contributed by atoms with Gasteiger partial charge in [0.05, 0.1) is 6.04 Å². The van der Waals surface area contributed by atoms with Gasteiger partial charge in [-0.05, 0) is 61.0 Å². The molecular formula is C17H20N2OS. The summed E-state index contributed by atoms with van der Waals surface area (Å²) in [6.07, 6.45) is 0.969. The van der Waals surface area contributed by atoms with E-state index in [2.05, 4.69) is 23.7 Å². The molecule has 1 aliphatic rings. The van der Waals surface area contributed by atoms with Gasteiger partial charge in [-0.25, -0.2) is 0 Å². The van der Waals surface area contributed by atoms with Crippen LogP contribution in [-0.2, 0) is 6.42 Å². The van der Waals surface area contributed by atoms with E-state index in [-0.39, 0.29) is 11.9 Å². The van der Waals surface area contributed by atoms with Crippen molar-refractivity contribution in [3.63, 3.8) is 0 Å². The van der Waals surface area contributed by atoms with Crippen molar-refractivity contribution >= 4 is 22.9 Å². The fraction of sp³-hybridized carbons (Fsp3) is 0.353. The number of thiophene rings is 1. The molecular weight excluding hydrogens is 280 g/mol. The Balaban J connectivity index is 1.89. The Bertz CT molecular complexity index is 677. The molecule has 0 saturated heterocycles. The number of hydrogen-bond donors (Lipinski definition) is 1. The number of carbonyl (C=O) groups excluding carboxylic acids is 1. The van der Waals surface area contributed by atoms with E-state index in [4.69, 9.17) is 0 Å². The first-order valence-electron chi connectivity index (χ1n) is 7.27. The fourth-order valence-corrected chi connectivity index (χ4v) is 3.96. The van der Waals surface area contributed by atoms with Crippen LogP contribution in [0.1, 0.15) is 39.3 Å². The maximum atomic E-state index is 12.9. The first-order chi connectivity index (χ1) is 10.1. The van der Waals surface area contributed by atoms with E-state index in [1.165, 1.54) is 10.4 Å². The van der Waals surface area contributed by atoms with Crippen LogP contribution >= 0.6 is 11.3 Å². The molecule has 1 unspecified atom stereocenters. The van der Waals surface area contributed by atoms with Crippen molar-refractivity contribution in [1.82, 2.24) is 4.90 Å². The molecule has 2 aromatic rings. The first-order valence-corrected chi connectivity index (χ1v) is 8.15. The summed E-state index contributed by atoms with van der Waals surface area (Å²) in [4.78, 5) is 16.3. The third-order valence-electron chi connectivity index (χ3n) is 4.28. The second-order valence-corrected chi connectivity index (χ2v) is 6.50. The number of fused-ring (bicyclic) bond motifs is 1. The van der Waals surface area contributed by atoms with Crippen molar-refractivity contribution < 1.29 is 4.79 Å². The summed E-state index contributed by atoms with van der Waals surface area (Å²) >= 11 is 1.80. The molecule has 0 aliphatic carbocycles. The quantitative estimate of drug-likeness (QED) is 0.913. The Morgan fingerprint density at radius 3 is 2.90 bits per heavy atom. The smallest absolute Gasteiger partial charge is 0.254 e. The van der Waals surface area contributed by atoms with E-state index in [0.717, 1.165) is 29.8 Å². The predicted octanol–water partition coefficient (Wildman–Crippen LogP) is 3.86. The van der Waals surface area contributed by atoms with E-state index in [1.807, 2.05) is 37.1 Å². The topological polar surface area (TPSA) is 32.3 Å². The van der Waals surface area contributed by atoms with Crippen LogP contribution in [0.2, 0.25) is 0 Å². The van der Waals surface area contributed by atoms with Crippen molar-refractivity contribution in [1.29, 1.82) is 0 Å². The van der Waals surface area contributed by atoms with E-state index >= 15 is 0 Å². The zero-order valence-electron chi connectivity index (χ0n) is 12.6. The Kier molecular flexibility index (Phi) is 3.72. The van der Waals surface area contributed by atoms with Gasteiger partial charge in [-0.1, -0.05) is 0 Å². The number of benzene rings is 1. The number of aryl methyl sites for hydroxylation is 1. The maximum Gasteiger partial charge on any atom is 0.254 e. The van der Waals surface area contributed by atoms with Crippen molar-refractivity contribution in [3.05, 3.63) is 51.2 Å². The molecule has 0 spiro atoms. The highest BCUT2D eigenvalue weighted by atomic mass is 32.1. The lowest BCUT2D eigenvalue weighted by atomic mass is 9.99. The van der Waals surface area contributed by atoms with Gasteiger partial charge < -0.3 is 10.2 Å². The summed E-state index contributed by atoms with van der Waals surface area (Å²) in [5.41, 5.74) is 4.18. The SMILES string of the molecule is CNc1ccc(C(=O)N2CCc3sccc3C2C)c(C)c1. The lowest BCUT2D eigenvalue weighted by Crippen LogP contribution is -2.38. The highest BCUT2D eigenvalue weighted by molar-refractivity contribution is 7.10. The summed E-state index contributed by atoms with van der Waals surface area (Å²) in [5, 5.41) is 5.24. The van der Waals surface area contributed by atoms with Crippen LogP contribution in [0.4, 0.5) is 5.69 Å². The molecule has 1 aliphatic heterocycles. The van der Waals surface area contributed by atoms with E-state index in [0.29, 0.717) is 0 Å². The second-order valence-electron chi connectivity index (χ2n) is 5.50. The lowest BCUT2D eigenvalue weighted by molar-refractivity contribution is 0.0678. The third kappa shape index (κ3) is 2.44. The third-order valence-corrected chi connectivity index (χ3v) is 5.28. The van der Waals surface area contributed by atoms with Gasteiger partial charge in [-0.2, -0.15) is 0 Å². The minimum atomic E-state index is 0.138. The highest BCUT2D eigenvalue weighted by Gasteiger charge is 2.29. The molecule has 1 atom stereocenters. The second kappa shape index (κ2) is 5.53. The predicted molar refractivity (Wildman–Crippen MR) is 88.2 cm³/mol. The van der Waals surface area contributed by atoms with Crippen molar-refractivity contribution in [2.75, 3.05) is 18.9 Å². The number of anilines is 1. The van der Waals surface area contributed by atoms with Gasteiger partial charge in [0, 0.05) is 29.7 Å². The maximum absolute atomic E-state index is 12.9. The average Bonchev–Trinajstić information content (AvgIpc) is 2.96. The molecule has 0 fully saturated rings. The van der Waals surface area contributed by atoms with Crippen molar-refractivity contribution in [3.8, 4) is 0 Å². The van der Waals surface area contributed by atoms with Gasteiger partial charge in [0.2, 0.25) is 0 Å². The van der Waals surface area contributed by atoms with Gasteiger partial charge in [-0.15, -0.1) is 11.3 Å². The molecule has 1 N–H and O–H groups in total. The summed E-state index contributed by atoms with van der Waals surface area (Å²) in [6.45, 7) is 4.93. The molecule has 0 radical (unpaired) electrons. The molecule has 4 heteroatoms. The largest absolute Gasteiger partial charge is 0.388 e. The average molecular weight is 300 g/mol. The zero-order chi connectivity index (χ0) is 15.0. The van der Waals surface area contributed by atoms with Crippen molar-refractivity contribution in [2.24, 2.45) is 0 Å². The van der Waals surface area contributed by atoms with Crippen LogP contribution in [-0.4, -0.2) is 24.4 Å². The number of hydrogen-bond acceptors (Lipinski definition) is 3. The lowest BCUT2D eigenvalue weighted by Gasteiger charge is -2.34. The number of rotatable bonds is 2. The standard InChI is InChI=1S/C17H20N2OS/c1-11-10-13(18-3)4-5-14(11)17(20)19-8-6-16-15(12(19)2)7-9-21-16/h4-5,7,9-10,12,18H,6,8H2,1-3H3. The van der Waals surface area contributed by atoms with Crippen LogP contribution in [0, 0.1) is 6.92 Å². The number of carbonyl (C=O) groups is 1. The highest BCUT2D eigenvalue weighted by Crippen LogP contribution is 2.34. The molecule has 1 amide bonds. The fourth-order valence-electron chi connectivity index (χ4n) is 3.00. The van der Waals surface area contributed by atoms with Crippen LogP contribution < -0.4 is 5.32 Å². The minimum Gasteiger partial charge on any atom is -0.388 e. The van der Waals surface area contributed by atoms with E-state index in [9.17, 15) is 4.79 Å². The van der Waals surface area contributed by atoms with Crippen LogP contribution in [0.3, 0.4) is 0 Å². The van der Waals surface area contributed by atoms with Gasteiger partial charge in [0.25, 0.3) is 5.91 Å². The minimum absolute atomic E-state index is 0.138. The Morgan fingerprint density at radius 2 is 2.19 bits per heavy atom. The number of nitrogens with one attached hydrogen (secondary N) is 1. The van der Waals surface area contributed by atoms with Crippen LogP contribution in [0.5, 0.6) is 0 Å². The Hall–Kier alpha value is -1.81. The van der Waals surface area contributed by atoms with Crippen LogP contribution in [0.15, 0.2) is 29.6 Å². The first kappa shape index (κ1) is 14.1. The molecule has 1 aromatic heterocycles. The zero-order valence-corrected chi connectivity index (χ0v) is 13.5. The summed E-state index contributed by atoms with van der Waals surface area (Å²) in [5.74, 6) is 0.138. The normalized spacial score (nSPS) is 17.5. The molecule has 0 bridgehead atoms. The van der Waals surface area contributed by atoms with E-state index < -0.39 is 0 Å². The summed E-state index contributed by atoms with van der Waals surface area (Å²) in [7, 11) is 1.89. The molecule has 3 rings (SSSR count). The van der Waals surface area contributed by atoms with Gasteiger partial charge in [0.1, 0.15) is 0 Å². The molecule has 110 valence electrons.